The normalized spacial score (nSPS) is 22.5. The number of benzene rings is 9. The predicted octanol–water partition coefficient (Wildman–Crippen LogP) is 18.4. The van der Waals surface area contributed by atoms with Crippen molar-refractivity contribution in [1.82, 2.24) is 5.32 Å². The molecule has 0 saturated carbocycles. The Hall–Kier alpha value is -9.48. The van der Waals surface area contributed by atoms with Crippen molar-refractivity contribution in [2.24, 2.45) is 33.5 Å². The molecule has 434 valence electrons. The second kappa shape index (κ2) is 21.7. The summed E-state index contributed by atoms with van der Waals surface area (Å²) in [6.45, 7) is 12.1. The van der Waals surface area contributed by atoms with Crippen LogP contribution in [0.2, 0.25) is 0 Å². The summed E-state index contributed by atoms with van der Waals surface area (Å²) < 4.78 is 0. The van der Waals surface area contributed by atoms with E-state index in [1.54, 1.807) is 0 Å². The van der Waals surface area contributed by atoms with Crippen LogP contribution in [0.3, 0.4) is 0 Å². The van der Waals surface area contributed by atoms with Crippen LogP contribution in [0, 0.1) is 17.8 Å². The summed E-state index contributed by atoms with van der Waals surface area (Å²) in [5.41, 5.74) is 29.9. The van der Waals surface area contributed by atoms with E-state index in [4.69, 9.17) is 15.7 Å². The Labute approximate surface area is 523 Å². The zero-order valence-corrected chi connectivity index (χ0v) is 51.5. The molecule has 0 amide bonds. The standard InChI is InChI=1S/C85H74N4/c1-52-43-61-20-9-13-27-66(61)74(44-52)82-50-81(73-30-16-23-58-19-8-12-26-65(58)73)88-83(89-82)62-38-42-70-69-41-37-60(47-77(69)85(4,5)78(70)48-62)55-34-32-54(33-35-55)59-36-40-68-67-39-31-53(45-75(67)84(2,3)76(68)46-59)51-87-80(72-29-15-22-57-18-7-11-25-64(57)72)49-79(86)71-28-14-21-56-17-6-10-24-63(56)71/h6-30,32-34,36-43,45-47,49-53,55,62,79,83,88H,31,35,44,48,86H2,1-5H3/b80-49-,87-51?/t52?,53-,55?,62?,79?,83?/m0/s1. The van der Waals surface area contributed by atoms with Crippen LogP contribution in [0.1, 0.15) is 122 Å². The van der Waals surface area contributed by atoms with Crippen LogP contribution in [0.15, 0.2) is 264 Å². The van der Waals surface area contributed by atoms with Crippen molar-refractivity contribution in [1.29, 1.82) is 0 Å². The van der Waals surface area contributed by atoms with Gasteiger partial charge in [-0.05, 0) is 159 Å². The molecule has 9 aromatic rings. The predicted molar refractivity (Wildman–Crippen MR) is 377 cm³/mol. The van der Waals surface area contributed by atoms with Gasteiger partial charge in [0.05, 0.1) is 17.5 Å². The van der Waals surface area contributed by atoms with Crippen molar-refractivity contribution >= 4 is 84.0 Å². The van der Waals surface area contributed by atoms with Crippen LogP contribution in [-0.4, -0.2) is 18.1 Å². The molecular formula is C85H74N4. The van der Waals surface area contributed by atoms with Crippen molar-refractivity contribution in [3.05, 3.63) is 314 Å². The maximum absolute atomic E-state index is 7.14. The molecular weight excluding hydrogens is 1080 g/mol. The van der Waals surface area contributed by atoms with Gasteiger partial charge in [-0.25, -0.2) is 0 Å². The van der Waals surface area contributed by atoms with Crippen molar-refractivity contribution in [2.45, 2.75) is 89.3 Å². The van der Waals surface area contributed by atoms with Crippen molar-refractivity contribution in [2.75, 3.05) is 0 Å². The molecule has 1 heterocycles. The second-order valence-electron chi connectivity index (χ2n) is 26.9. The Balaban J connectivity index is 0.633. The summed E-state index contributed by atoms with van der Waals surface area (Å²) >= 11 is 0. The number of rotatable bonds is 10. The molecule has 1 aliphatic heterocycles. The van der Waals surface area contributed by atoms with E-state index in [1.807, 2.05) is 0 Å². The van der Waals surface area contributed by atoms with E-state index >= 15 is 0 Å². The molecule has 3 N–H and O–H groups in total. The van der Waals surface area contributed by atoms with Gasteiger partial charge in [-0.3, -0.25) is 9.98 Å². The SMILES string of the molecule is CC1C=c2ccccc2=C(C2=NC(C3C=CC4=C(C3)C(C)(C)c3cc(C5C=CC(c6ccc7c(c6)C(C)(C)C6=C[C@@H](C=N/C(=C\C(N)c8cccc9ccccc89)c8cccc9ccccc89)CC=C67)=CC5)ccc34)NC(c3cccc4ccccc34)=C2)C1. The minimum absolute atomic E-state index is 0.122. The number of hydrogen-bond acceptors (Lipinski definition) is 4. The Morgan fingerprint density at radius 1 is 0.640 bits per heavy atom. The smallest absolute Gasteiger partial charge is 0.126 e. The maximum Gasteiger partial charge on any atom is 0.126 e. The molecule has 0 saturated heterocycles. The Morgan fingerprint density at radius 3 is 2.17 bits per heavy atom. The molecule has 4 heteroatoms. The number of allylic oxidation sites excluding steroid dienone is 12. The molecule has 6 aliphatic carbocycles. The highest BCUT2D eigenvalue weighted by Gasteiger charge is 2.43. The topological polar surface area (TPSA) is 62.8 Å². The minimum Gasteiger partial charge on any atom is -0.363 e. The van der Waals surface area contributed by atoms with Crippen LogP contribution in [0.5, 0.6) is 0 Å². The molecule has 0 radical (unpaired) electrons. The van der Waals surface area contributed by atoms with Gasteiger partial charge in [0.2, 0.25) is 0 Å². The zero-order chi connectivity index (χ0) is 60.1. The van der Waals surface area contributed by atoms with Crippen LogP contribution >= 0.6 is 0 Å². The third kappa shape index (κ3) is 9.54. The average molecular weight is 1150 g/mol. The van der Waals surface area contributed by atoms with Gasteiger partial charge in [0, 0.05) is 51.6 Å². The van der Waals surface area contributed by atoms with E-state index in [-0.39, 0.29) is 34.9 Å². The van der Waals surface area contributed by atoms with Gasteiger partial charge >= 0.3 is 0 Å². The summed E-state index contributed by atoms with van der Waals surface area (Å²) in [6.07, 6.45) is 29.9. The molecule has 0 bridgehead atoms. The lowest BCUT2D eigenvalue weighted by molar-refractivity contribution is 0.441. The van der Waals surface area contributed by atoms with E-state index < -0.39 is 0 Å². The summed E-state index contributed by atoms with van der Waals surface area (Å²) in [5.74, 6) is 1.05. The van der Waals surface area contributed by atoms with Crippen molar-refractivity contribution in [3.8, 4) is 0 Å². The van der Waals surface area contributed by atoms with Crippen LogP contribution in [0.25, 0.3) is 72.1 Å². The molecule has 0 fully saturated rings. The lowest BCUT2D eigenvalue weighted by atomic mass is 9.75. The second-order valence-corrected chi connectivity index (χ2v) is 26.9. The quantitative estimate of drug-likeness (QED) is 0.134. The summed E-state index contributed by atoms with van der Waals surface area (Å²) in [7, 11) is 0. The highest BCUT2D eigenvalue weighted by molar-refractivity contribution is 6.27. The zero-order valence-electron chi connectivity index (χ0n) is 51.5. The van der Waals surface area contributed by atoms with E-state index in [2.05, 4.69) is 295 Å². The van der Waals surface area contributed by atoms with E-state index in [0.717, 1.165) is 53.9 Å². The van der Waals surface area contributed by atoms with E-state index in [9.17, 15) is 0 Å². The van der Waals surface area contributed by atoms with Crippen LogP contribution < -0.4 is 21.5 Å². The van der Waals surface area contributed by atoms with E-state index in [0.29, 0.717) is 11.8 Å². The first-order chi connectivity index (χ1) is 43.4. The summed E-state index contributed by atoms with van der Waals surface area (Å²) in [4.78, 5) is 11.1. The molecule has 6 atom stereocenters. The van der Waals surface area contributed by atoms with E-state index in [1.165, 1.54) is 115 Å². The van der Waals surface area contributed by atoms with Crippen molar-refractivity contribution < 1.29 is 0 Å². The highest BCUT2D eigenvalue weighted by atomic mass is 15.1. The first kappa shape index (κ1) is 54.9. The Morgan fingerprint density at radius 2 is 1.35 bits per heavy atom. The highest BCUT2D eigenvalue weighted by Crippen LogP contribution is 2.54. The molecule has 89 heavy (non-hydrogen) atoms. The van der Waals surface area contributed by atoms with Gasteiger partial charge in [0.15, 0.2) is 0 Å². The molecule has 16 rings (SSSR count). The number of fused-ring (bicyclic) bond motifs is 9. The van der Waals surface area contributed by atoms with Crippen LogP contribution in [0.4, 0.5) is 0 Å². The fraction of sp³-hybridized carbons (Fsp3) is 0.200. The minimum atomic E-state index is -0.345. The first-order valence-electron chi connectivity index (χ1n) is 32.3. The molecule has 4 nitrogen and oxygen atoms in total. The molecule has 7 aliphatic rings. The number of hydrogen-bond donors (Lipinski definition) is 2. The lowest BCUT2D eigenvalue weighted by Gasteiger charge is -2.35. The van der Waals surface area contributed by atoms with Gasteiger partial charge in [-0.1, -0.05) is 271 Å². The lowest BCUT2D eigenvalue weighted by Crippen LogP contribution is -2.40. The number of nitrogens with two attached hydrogens (primary N) is 1. The van der Waals surface area contributed by atoms with Crippen molar-refractivity contribution in [3.63, 3.8) is 0 Å². The third-order valence-corrected chi connectivity index (χ3v) is 20.7. The van der Waals surface area contributed by atoms with Gasteiger partial charge in [0.1, 0.15) is 6.17 Å². The summed E-state index contributed by atoms with van der Waals surface area (Å²) in [6, 6.07) is 68.5. The monoisotopic (exact) mass is 1150 g/mol. The largest absolute Gasteiger partial charge is 0.363 e. The third-order valence-electron chi connectivity index (χ3n) is 20.7. The molecule has 5 unspecified atom stereocenters. The van der Waals surface area contributed by atoms with Gasteiger partial charge in [-0.15, -0.1) is 0 Å². The number of aliphatic imine (C=N–C) groups is 2. The van der Waals surface area contributed by atoms with Gasteiger partial charge in [0.25, 0.3) is 0 Å². The molecule has 0 spiro atoms. The van der Waals surface area contributed by atoms with Gasteiger partial charge < -0.3 is 11.1 Å². The Bertz CT molecular complexity index is 4930. The molecule has 0 aromatic heterocycles. The fourth-order valence-corrected chi connectivity index (χ4v) is 16.0. The summed E-state index contributed by atoms with van der Waals surface area (Å²) in [5, 5.41) is 13.9. The Kier molecular flexibility index (Phi) is 13.4. The number of nitrogens with zero attached hydrogens (tertiary/aromatic N) is 2. The fourth-order valence-electron chi connectivity index (χ4n) is 16.0. The molecule has 9 aromatic carbocycles. The van der Waals surface area contributed by atoms with Gasteiger partial charge in [-0.2, -0.15) is 0 Å². The number of nitrogens with one attached hydrogen (secondary N) is 1. The average Bonchev–Trinajstić information content (AvgIpc) is 1.68. The maximum atomic E-state index is 7.14. The van der Waals surface area contributed by atoms with Crippen LogP contribution in [-0.2, 0) is 10.8 Å². The first-order valence-corrected chi connectivity index (χ1v) is 32.3.